The van der Waals surface area contributed by atoms with Gasteiger partial charge in [0.25, 0.3) is 5.91 Å². The number of piperazine rings is 1. The summed E-state index contributed by atoms with van der Waals surface area (Å²) >= 11 is 0. The van der Waals surface area contributed by atoms with Crippen molar-refractivity contribution in [3.05, 3.63) is 52.0 Å². The van der Waals surface area contributed by atoms with Crippen LogP contribution in [0.2, 0.25) is 0 Å². The number of carbonyl (C=O) groups excluding carboxylic acids is 1. The Labute approximate surface area is 197 Å². The number of piperidine rings is 1. The van der Waals surface area contributed by atoms with Gasteiger partial charge in [0, 0.05) is 56.4 Å². The van der Waals surface area contributed by atoms with Crippen LogP contribution in [0.1, 0.15) is 35.3 Å². The lowest BCUT2D eigenvalue weighted by Gasteiger charge is -2.36. The van der Waals surface area contributed by atoms with Gasteiger partial charge >= 0.3 is 5.63 Å². The molecule has 9 heteroatoms. The van der Waals surface area contributed by atoms with Crippen LogP contribution in [-0.4, -0.2) is 67.2 Å². The molecule has 178 valence electrons. The summed E-state index contributed by atoms with van der Waals surface area (Å²) in [6.07, 6.45) is 3.60. The number of hydrogen-bond donors (Lipinski definition) is 0. The maximum atomic E-state index is 13.2. The number of nitrogens with zero attached hydrogens (tertiary/aromatic N) is 5. The predicted octanol–water partition coefficient (Wildman–Crippen LogP) is 2.85. The van der Waals surface area contributed by atoms with E-state index in [9.17, 15) is 9.59 Å². The first-order valence-corrected chi connectivity index (χ1v) is 11.8. The number of aromatic nitrogens is 2. The van der Waals surface area contributed by atoms with Crippen LogP contribution in [0, 0.1) is 6.92 Å². The molecule has 4 heterocycles. The highest BCUT2D eigenvalue weighted by atomic mass is 16.5. The number of methoxy groups -OCH3 is 1. The molecule has 0 saturated carbocycles. The second kappa shape index (κ2) is 9.32. The van der Waals surface area contributed by atoms with Gasteiger partial charge < -0.3 is 23.9 Å². The average molecular weight is 464 g/mol. The van der Waals surface area contributed by atoms with Gasteiger partial charge in [0.1, 0.15) is 11.4 Å². The maximum Gasteiger partial charge on any atom is 0.349 e. The molecule has 0 atom stereocenters. The lowest BCUT2D eigenvalue weighted by Crippen LogP contribution is -2.49. The lowest BCUT2D eigenvalue weighted by molar-refractivity contribution is 0.0742. The molecule has 34 heavy (non-hydrogen) atoms. The van der Waals surface area contributed by atoms with Gasteiger partial charge in [0.15, 0.2) is 11.3 Å². The summed E-state index contributed by atoms with van der Waals surface area (Å²) in [5.41, 5.74) is 0.676. The highest BCUT2D eigenvalue weighted by Crippen LogP contribution is 2.25. The molecule has 0 unspecified atom stereocenters. The summed E-state index contributed by atoms with van der Waals surface area (Å²) in [6, 6.07) is 8.91. The fraction of sp³-hybridized carbons (Fsp3) is 0.440. The van der Waals surface area contributed by atoms with Gasteiger partial charge in [-0.3, -0.25) is 4.79 Å². The first-order valence-electron chi connectivity index (χ1n) is 11.8. The minimum absolute atomic E-state index is 0.0412. The summed E-state index contributed by atoms with van der Waals surface area (Å²) in [7, 11) is 1.52. The van der Waals surface area contributed by atoms with Crippen molar-refractivity contribution in [1.82, 2.24) is 14.9 Å². The fourth-order valence-corrected chi connectivity index (χ4v) is 4.67. The normalized spacial score (nSPS) is 16.7. The van der Waals surface area contributed by atoms with Crippen molar-refractivity contribution in [1.29, 1.82) is 0 Å². The predicted molar refractivity (Wildman–Crippen MR) is 130 cm³/mol. The molecule has 2 fully saturated rings. The van der Waals surface area contributed by atoms with Crippen LogP contribution in [0.15, 0.2) is 39.5 Å². The Bertz CT molecular complexity index is 1260. The number of anilines is 2. The molecular weight excluding hydrogens is 434 g/mol. The fourth-order valence-electron chi connectivity index (χ4n) is 4.67. The monoisotopic (exact) mass is 463 g/mol. The Morgan fingerprint density at radius 2 is 1.74 bits per heavy atom. The van der Waals surface area contributed by atoms with Crippen LogP contribution >= 0.6 is 0 Å². The largest absolute Gasteiger partial charge is 0.493 e. The Morgan fingerprint density at radius 3 is 2.47 bits per heavy atom. The highest BCUT2D eigenvalue weighted by Gasteiger charge is 2.26. The van der Waals surface area contributed by atoms with Gasteiger partial charge in [-0.15, -0.1) is 0 Å². The Morgan fingerprint density at radius 1 is 0.971 bits per heavy atom. The van der Waals surface area contributed by atoms with E-state index in [4.69, 9.17) is 14.1 Å². The molecular formula is C25H29N5O4. The Balaban J connectivity index is 1.31. The van der Waals surface area contributed by atoms with E-state index < -0.39 is 5.63 Å². The summed E-state index contributed by atoms with van der Waals surface area (Å²) in [4.78, 5) is 41.4. The number of para-hydroxylation sites is 1. The Hall–Kier alpha value is -3.62. The zero-order valence-electron chi connectivity index (χ0n) is 19.6. The second-order valence-electron chi connectivity index (χ2n) is 8.82. The third kappa shape index (κ3) is 4.30. The van der Waals surface area contributed by atoms with Gasteiger partial charge in [0.2, 0.25) is 5.95 Å². The van der Waals surface area contributed by atoms with Crippen molar-refractivity contribution in [2.45, 2.75) is 26.2 Å². The molecule has 1 amide bonds. The smallest absolute Gasteiger partial charge is 0.349 e. The number of amides is 1. The van der Waals surface area contributed by atoms with Gasteiger partial charge in [-0.05, 0) is 38.3 Å². The first kappa shape index (κ1) is 22.2. The Kier molecular flexibility index (Phi) is 6.08. The second-order valence-corrected chi connectivity index (χ2v) is 8.82. The van der Waals surface area contributed by atoms with E-state index in [1.54, 1.807) is 29.2 Å². The van der Waals surface area contributed by atoms with Crippen LogP contribution in [0.4, 0.5) is 11.8 Å². The van der Waals surface area contributed by atoms with Gasteiger partial charge in [-0.2, -0.15) is 4.98 Å². The number of aryl methyl sites for hydroxylation is 1. The lowest BCUT2D eigenvalue weighted by atomic mass is 10.1. The summed E-state index contributed by atoms with van der Waals surface area (Å²) in [5, 5.41) is 0.655. The highest BCUT2D eigenvalue weighted by molar-refractivity contribution is 5.97. The van der Waals surface area contributed by atoms with Gasteiger partial charge in [0.05, 0.1) is 7.11 Å². The minimum Gasteiger partial charge on any atom is -0.493 e. The molecule has 5 rings (SSSR count). The molecule has 2 saturated heterocycles. The summed E-state index contributed by atoms with van der Waals surface area (Å²) in [6.45, 7) is 6.24. The van der Waals surface area contributed by atoms with E-state index in [0.717, 1.165) is 30.5 Å². The molecule has 0 aliphatic carbocycles. The van der Waals surface area contributed by atoms with E-state index in [0.29, 0.717) is 42.9 Å². The molecule has 9 nitrogen and oxygen atoms in total. The zero-order valence-corrected chi connectivity index (χ0v) is 19.6. The van der Waals surface area contributed by atoms with Crippen molar-refractivity contribution in [3.8, 4) is 5.75 Å². The number of fused-ring (bicyclic) bond motifs is 1. The molecule has 0 bridgehead atoms. The number of benzene rings is 1. The van der Waals surface area contributed by atoms with Crippen LogP contribution in [-0.2, 0) is 0 Å². The summed E-state index contributed by atoms with van der Waals surface area (Å²) in [5.74, 6) is 1.83. The number of carbonyl (C=O) groups is 1. The zero-order chi connectivity index (χ0) is 23.7. The molecule has 2 aromatic heterocycles. The van der Waals surface area contributed by atoms with Crippen LogP contribution in [0.3, 0.4) is 0 Å². The van der Waals surface area contributed by atoms with Crippen LogP contribution in [0.25, 0.3) is 11.0 Å². The topological polar surface area (TPSA) is 92.0 Å². The SMILES string of the molecule is COc1cccc2cc(C(=O)N3CCN(c4cc(C)nc(N5CCCCC5)n4)CC3)c(=O)oc12. The van der Waals surface area contributed by atoms with Crippen molar-refractivity contribution < 1.29 is 13.9 Å². The molecule has 3 aromatic rings. The van der Waals surface area contributed by atoms with Crippen molar-refractivity contribution >= 4 is 28.6 Å². The molecule has 1 aromatic carbocycles. The van der Waals surface area contributed by atoms with Crippen molar-refractivity contribution in [2.75, 3.05) is 56.2 Å². The minimum atomic E-state index is -0.651. The van der Waals surface area contributed by atoms with Crippen LogP contribution in [0.5, 0.6) is 5.75 Å². The molecule has 2 aliphatic rings. The van der Waals surface area contributed by atoms with E-state index in [-0.39, 0.29) is 11.5 Å². The maximum absolute atomic E-state index is 13.2. The van der Waals surface area contributed by atoms with E-state index in [2.05, 4.69) is 14.8 Å². The van der Waals surface area contributed by atoms with E-state index in [1.807, 2.05) is 13.0 Å². The molecule has 2 aliphatic heterocycles. The average Bonchev–Trinajstić information content (AvgIpc) is 2.88. The van der Waals surface area contributed by atoms with Gasteiger partial charge in [-0.1, -0.05) is 12.1 Å². The van der Waals surface area contributed by atoms with Crippen molar-refractivity contribution in [3.63, 3.8) is 0 Å². The molecule has 0 N–H and O–H groups in total. The summed E-state index contributed by atoms with van der Waals surface area (Å²) < 4.78 is 10.7. The third-order valence-corrected chi connectivity index (χ3v) is 6.53. The number of rotatable bonds is 4. The first-order chi connectivity index (χ1) is 16.5. The standard InChI is InChI=1S/C25H29N5O4/c1-17-15-21(27-25(26-17)30-9-4-3-5-10-30)28-11-13-29(14-12-28)23(31)19-16-18-7-6-8-20(33-2)22(18)34-24(19)32/h6-8,15-16H,3-5,9-14H2,1-2H3. The van der Waals surface area contributed by atoms with Crippen LogP contribution < -0.4 is 20.2 Å². The van der Waals surface area contributed by atoms with E-state index in [1.165, 1.54) is 26.4 Å². The van der Waals surface area contributed by atoms with Crippen molar-refractivity contribution in [2.24, 2.45) is 0 Å². The molecule has 0 radical (unpaired) electrons. The third-order valence-electron chi connectivity index (χ3n) is 6.53. The quantitative estimate of drug-likeness (QED) is 0.546. The van der Waals surface area contributed by atoms with E-state index >= 15 is 0 Å². The van der Waals surface area contributed by atoms with Gasteiger partial charge in [-0.25, -0.2) is 9.78 Å². The number of ether oxygens (including phenoxy) is 1. The molecule has 0 spiro atoms. The number of hydrogen-bond acceptors (Lipinski definition) is 8.